The van der Waals surface area contributed by atoms with Crippen molar-refractivity contribution in [2.45, 2.75) is 0 Å². The molecule has 0 saturated carbocycles. The number of carbonyl (C=O) groups excluding carboxylic acids is 1. The number of fused-ring (bicyclic) bond motifs is 3. The van der Waals surface area contributed by atoms with Crippen LogP contribution in [0.25, 0.3) is 27.8 Å². The van der Waals surface area contributed by atoms with Crippen LogP contribution >= 0.6 is 11.6 Å². The molecule has 5 heteroatoms. The Morgan fingerprint density at radius 3 is 2.29 bits per heavy atom. The largest absolute Gasteiger partial charge is 0.289 e. The number of benzene rings is 3. The first kappa shape index (κ1) is 16.7. The van der Waals surface area contributed by atoms with E-state index in [1.807, 2.05) is 47.0 Å². The van der Waals surface area contributed by atoms with Gasteiger partial charge < -0.3 is 0 Å². The summed E-state index contributed by atoms with van der Waals surface area (Å²) < 4.78 is 1.95. The second-order valence-corrected chi connectivity index (χ2v) is 6.88. The lowest BCUT2D eigenvalue weighted by molar-refractivity contribution is 0.104. The standard InChI is InChI=1S/C23H14ClN3O/c24-16-11-9-15(10-12-16)22(28)19-7-3-6-18-17-5-1-2-8-20(17)27(21(18)19)23-25-13-4-14-26-23/h1-14H. The van der Waals surface area contributed by atoms with E-state index in [2.05, 4.69) is 9.97 Å². The van der Waals surface area contributed by atoms with Gasteiger partial charge in [0.05, 0.1) is 11.0 Å². The molecule has 2 aromatic heterocycles. The number of hydrogen-bond acceptors (Lipinski definition) is 3. The predicted molar refractivity (Wildman–Crippen MR) is 111 cm³/mol. The van der Waals surface area contributed by atoms with Crippen molar-refractivity contribution >= 4 is 39.2 Å². The minimum Gasteiger partial charge on any atom is -0.289 e. The Morgan fingerprint density at radius 1 is 0.786 bits per heavy atom. The highest BCUT2D eigenvalue weighted by Crippen LogP contribution is 2.33. The first-order chi connectivity index (χ1) is 13.7. The highest BCUT2D eigenvalue weighted by molar-refractivity contribution is 6.30. The summed E-state index contributed by atoms with van der Waals surface area (Å²) in [5.74, 6) is 0.465. The Kier molecular flexibility index (Phi) is 3.92. The van der Waals surface area contributed by atoms with E-state index in [0.717, 1.165) is 21.8 Å². The third-order valence-corrected chi connectivity index (χ3v) is 5.05. The van der Waals surface area contributed by atoms with Gasteiger partial charge >= 0.3 is 0 Å². The third kappa shape index (κ3) is 2.58. The SMILES string of the molecule is O=C(c1ccc(Cl)cc1)c1cccc2c3ccccc3n(-c3ncccn3)c12. The molecule has 134 valence electrons. The fourth-order valence-electron chi connectivity index (χ4n) is 3.57. The summed E-state index contributed by atoms with van der Waals surface area (Å²) in [7, 11) is 0. The lowest BCUT2D eigenvalue weighted by Crippen LogP contribution is -2.06. The van der Waals surface area contributed by atoms with E-state index in [-0.39, 0.29) is 5.78 Å². The van der Waals surface area contributed by atoms with Gasteiger partial charge in [0.25, 0.3) is 0 Å². The number of rotatable bonds is 3. The molecule has 0 N–H and O–H groups in total. The highest BCUT2D eigenvalue weighted by Gasteiger charge is 2.20. The van der Waals surface area contributed by atoms with Crippen molar-refractivity contribution < 1.29 is 4.79 Å². The molecule has 0 bridgehead atoms. The van der Waals surface area contributed by atoms with E-state index in [4.69, 9.17) is 11.6 Å². The van der Waals surface area contributed by atoms with Crippen LogP contribution < -0.4 is 0 Å². The Morgan fingerprint density at radius 2 is 1.50 bits per heavy atom. The summed E-state index contributed by atoms with van der Waals surface area (Å²) in [4.78, 5) is 22.2. The fraction of sp³-hybridized carbons (Fsp3) is 0. The number of para-hydroxylation sites is 2. The number of aromatic nitrogens is 3. The molecule has 3 aromatic carbocycles. The molecular weight excluding hydrogens is 370 g/mol. The zero-order valence-electron chi connectivity index (χ0n) is 14.7. The first-order valence-corrected chi connectivity index (χ1v) is 9.21. The van der Waals surface area contributed by atoms with Gasteiger partial charge in [-0.05, 0) is 42.5 Å². The van der Waals surface area contributed by atoms with Gasteiger partial charge in [-0.1, -0.05) is 41.9 Å². The van der Waals surface area contributed by atoms with E-state index in [0.29, 0.717) is 22.1 Å². The molecule has 0 amide bonds. The minimum absolute atomic E-state index is 0.0674. The maximum Gasteiger partial charge on any atom is 0.234 e. The van der Waals surface area contributed by atoms with E-state index in [1.165, 1.54) is 0 Å². The average molecular weight is 384 g/mol. The van der Waals surface area contributed by atoms with Crippen molar-refractivity contribution in [3.05, 3.63) is 101 Å². The molecule has 0 aliphatic heterocycles. The second kappa shape index (κ2) is 6.59. The molecule has 0 radical (unpaired) electrons. The molecular formula is C23H14ClN3O. The Hall–Kier alpha value is -3.50. The molecule has 5 rings (SSSR count). The Balaban J connectivity index is 1.87. The van der Waals surface area contributed by atoms with Crippen LogP contribution in [0.2, 0.25) is 5.02 Å². The van der Waals surface area contributed by atoms with Crippen LogP contribution in [0.1, 0.15) is 15.9 Å². The van der Waals surface area contributed by atoms with Gasteiger partial charge in [-0.25, -0.2) is 9.97 Å². The van der Waals surface area contributed by atoms with Gasteiger partial charge in [-0.15, -0.1) is 0 Å². The van der Waals surface area contributed by atoms with Crippen LogP contribution in [0.5, 0.6) is 0 Å². The Labute approximate surface area is 166 Å². The predicted octanol–water partition coefficient (Wildman–Crippen LogP) is 5.46. The van der Waals surface area contributed by atoms with Crippen molar-refractivity contribution in [2.24, 2.45) is 0 Å². The van der Waals surface area contributed by atoms with Crippen molar-refractivity contribution in [1.29, 1.82) is 0 Å². The number of hydrogen-bond donors (Lipinski definition) is 0. The minimum atomic E-state index is -0.0674. The quantitative estimate of drug-likeness (QED) is 0.389. The molecule has 0 aliphatic rings. The molecule has 5 aromatic rings. The van der Waals surface area contributed by atoms with Gasteiger partial charge in [0.15, 0.2) is 5.78 Å². The second-order valence-electron chi connectivity index (χ2n) is 6.44. The highest BCUT2D eigenvalue weighted by atomic mass is 35.5. The van der Waals surface area contributed by atoms with Gasteiger partial charge in [-0.2, -0.15) is 0 Å². The smallest absolute Gasteiger partial charge is 0.234 e. The van der Waals surface area contributed by atoms with Crippen molar-refractivity contribution in [3.63, 3.8) is 0 Å². The van der Waals surface area contributed by atoms with Crippen LogP contribution in [-0.2, 0) is 0 Å². The van der Waals surface area contributed by atoms with Crippen LogP contribution in [0, 0.1) is 0 Å². The lowest BCUT2D eigenvalue weighted by atomic mass is 10.0. The maximum absolute atomic E-state index is 13.3. The van der Waals surface area contributed by atoms with E-state index >= 15 is 0 Å². The van der Waals surface area contributed by atoms with Crippen molar-refractivity contribution in [3.8, 4) is 5.95 Å². The van der Waals surface area contributed by atoms with Crippen molar-refractivity contribution in [1.82, 2.24) is 14.5 Å². The zero-order chi connectivity index (χ0) is 19.1. The number of carbonyl (C=O) groups is 1. The molecule has 0 fully saturated rings. The third-order valence-electron chi connectivity index (χ3n) is 4.80. The Bertz CT molecular complexity index is 1330. The number of halogens is 1. The zero-order valence-corrected chi connectivity index (χ0v) is 15.5. The molecule has 4 nitrogen and oxygen atoms in total. The normalized spacial score (nSPS) is 11.2. The topological polar surface area (TPSA) is 47.8 Å². The van der Waals surface area contributed by atoms with E-state index in [1.54, 1.807) is 42.7 Å². The van der Waals surface area contributed by atoms with Crippen LogP contribution in [0.15, 0.2) is 85.2 Å². The molecule has 0 unspecified atom stereocenters. The summed E-state index contributed by atoms with van der Waals surface area (Å²) in [6, 6.07) is 22.5. The number of ketones is 1. The summed E-state index contributed by atoms with van der Waals surface area (Å²) in [6.07, 6.45) is 3.40. The van der Waals surface area contributed by atoms with Crippen LogP contribution in [0.3, 0.4) is 0 Å². The van der Waals surface area contributed by atoms with Gasteiger partial charge in [-0.3, -0.25) is 9.36 Å². The monoisotopic (exact) mass is 383 g/mol. The molecule has 28 heavy (non-hydrogen) atoms. The van der Waals surface area contributed by atoms with Gasteiger partial charge in [0, 0.05) is 39.3 Å². The summed E-state index contributed by atoms with van der Waals surface area (Å²) in [5.41, 5.74) is 2.95. The molecule has 2 heterocycles. The summed E-state index contributed by atoms with van der Waals surface area (Å²) in [5, 5.41) is 2.64. The molecule has 0 atom stereocenters. The molecule has 0 spiro atoms. The van der Waals surface area contributed by atoms with Gasteiger partial charge in [0.1, 0.15) is 0 Å². The van der Waals surface area contributed by atoms with Crippen LogP contribution in [-0.4, -0.2) is 20.3 Å². The van der Waals surface area contributed by atoms with Crippen molar-refractivity contribution in [2.75, 3.05) is 0 Å². The van der Waals surface area contributed by atoms with E-state index in [9.17, 15) is 4.79 Å². The summed E-state index contributed by atoms with van der Waals surface area (Å²) in [6.45, 7) is 0. The summed E-state index contributed by atoms with van der Waals surface area (Å²) >= 11 is 5.98. The molecule has 0 aliphatic carbocycles. The number of nitrogens with zero attached hydrogens (tertiary/aromatic N) is 3. The molecule has 0 saturated heterocycles. The lowest BCUT2D eigenvalue weighted by Gasteiger charge is -2.09. The maximum atomic E-state index is 13.3. The van der Waals surface area contributed by atoms with Crippen LogP contribution in [0.4, 0.5) is 0 Å². The van der Waals surface area contributed by atoms with E-state index < -0.39 is 0 Å². The first-order valence-electron chi connectivity index (χ1n) is 8.84. The average Bonchev–Trinajstić information content (AvgIpc) is 3.09. The fourth-order valence-corrected chi connectivity index (χ4v) is 3.70. The van der Waals surface area contributed by atoms with Gasteiger partial charge in [0.2, 0.25) is 5.95 Å².